The molecule has 1 radical (unpaired) electrons. The molecule has 0 atom stereocenters. The third kappa shape index (κ3) is 5.90. The first-order valence-electron chi connectivity index (χ1n) is 9.01. The molecule has 0 aliphatic heterocycles. The van der Waals surface area contributed by atoms with Gasteiger partial charge in [0.1, 0.15) is 5.75 Å². The fourth-order valence-corrected chi connectivity index (χ4v) is 2.68. The van der Waals surface area contributed by atoms with Crippen molar-refractivity contribution in [2.45, 2.75) is 12.8 Å². The number of aldehydes is 1. The van der Waals surface area contributed by atoms with E-state index in [4.69, 9.17) is 5.11 Å². The van der Waals surface area contributed by atoms with Crippen LogP contribution in [0.5, 0.6) is 5.75 Å². The minimum Gasteiger partial charge on any atom is -0.507 e. The van der Waals surface area contributed by atoms with Gasteiger partial charge in [0.2, 0.25) is 0 Å². The number of rotatable bonds is 4. The molecule has 1 aromatic heterocycles. The molecule has 0 aliphatic carbocycles. The van der Waals surface area contributed by atoms with Gasteiger partial charge in [0.15, 0.2) is 12.1 Å². The Hall–Kier alpha value is -3.22. The summed E-state index contributed by atoms with van der Waals surface area (Å²) in [6.07, 6.45) is 0.620. The summed E-state index contributed by atoms with van der Waals surface area (Å²) in [5.74, 6) is -3.10. The van der Waals surface area contributed by atoms with E-state index < -0.39 is 5.92 Å². The maximum absolute atomic E-state index is 13.8. The first-order chi connectivity index (χ1) is 14.4. The van der Waals surface area contributed by atoms with Gasteiger partial charge in [-0.1, -0.05) is 30.3 Å². The number of alkyl halides is 2. The molecule has 0 bridgehead atoms. The Bertz CT molecular complexity index is 1110. The normalized spacial score (nSPS) is 10.4. The van der Waals surface area contributed by atoms with E-state index in [1.54, 1.807) is 60.7 Å². The zero-order valence-corrected chi connectivity index (χ0v) is 18.8. The van der Waals surface area contributed by atoms with Crippen LogP contribution in [0, 0.1) is 6.07 Å². The van der Waals surface area contributed by atoms with E-state index in [9.17, 15) is 13.6 Å². The van der Waals surface area contributed by atoms with Gasteiger partial charge in [0, 0.05) is 32.7 Å². The molecular weight excluding hydrogens is 580 g/mol. The van der Waals surface area contributed by atoms with Crippen LogP contribution in [0.25, 0.3) is 17.1 Å². The van der Waals surface area contributed by atoms with E-state index in [2.05, 4.69) is 16.3 Å². The molecule has 0 unspecified atom stereocenters. The number of halogens is 2. The third-order valence-electron chi connectivity index (χ3n) is 4.08. The van der Waals surface area contributed by atoms with Gasteiger partial charge in [-0.3, -0.25) is 4.79 Å². The third-order valence-corrected chi connectivity index (χ3v) is 4.08. The van der Waals surface area contributed by atoms with Crippen molar-refractivity contribution >= 4 is 6.29 Å². The van der Waals surface area contributed by atoms with Gasteiger partial charge in [0.05, 0.1) is 11.4 Å². The van der Waals surface area contributed by atoms with Gasteiger partial charge in [0.25, 0.3) is 0 Å². The summed E-state index contributed by atoms with van der Waals surface area (Å²) in [7, 11) is 0. The topological polar surface area (TPSA) is 68.0 Å². The number of phenols is 1. The molecule has 31 heavy (non-hydrogen) atoms. The van der Waals surface area contributed by atoms with Gasteiger partial charge in [-0.2, -0.15) is 13.9 Å². The van der Waals surface area contributed by atoms with Gasteiger partial charge in [-0.15, -0.1) is 41.0 Å². The number of hydrogen-bond acceptors (Lipinski definition) is 4. The van der Waals surface area contributed by atoms with Crippen LogP contribution in [0.3, 0.4) is 0 Å². The van der Waals surface area contributed by atoms with Gasteiger partial charge in [-0.25, -0.2) is 0 Å². The van der Waals surface area contributed by atoms with Crippen molar-refractivity contribution < 1.29 is 38.8 Å². The Morgan fingerprint density at radius 1 is 0.968 bits per heavy atom. The molecule has 0 aliphatic rings. The van der Waals surface area contributed by atoms with Crippen LogP contribution >= 0.6 is 0 Å². The molecule has 0 saturated carbocycles. The Balaban J connectivity index is 0.000000289. The second-order valence-corrected chi connectivity index (χ2v) is 6.36. The van der Waals surface area contributed by atoms with E-state index in [-0.39, 0.29) is 31.7 Å². The quantitative estimate of drug-likeness (QED) is 0.264. The average molecular weight is 599 g/mol. The van der Waals surface area contributed by atoms with Crippen molar-refractivity contribution in [3.8, 4) is 22.8 Å². The second kappa shape index (κ2) is 10.7. The van der Waals surface area contributed by atoms with Crippen molar-refractivity contribution in [1.82, 2.24) is 14.8 Å². The van der Waals surface area contributed by atoms with Crippen LogP contribution in [0.2, 0.25) is 0 Å². The van der Waals surface area contributed by atoms with Crippen LogP contribution in [-0.4, -0.2) is 26.2 Å². The number of carbonyl (C=O) groups excluding carboxylic acids is 1. The molecule has 8 heteroatoms. The maximum atomic E-state index is 13.8. The number of para-hydroxylation sites is 2. The Kier molecular flexibility index (Phi) is 8.30. The first kappa shape index (κ1) is 24.1. The van der Waals surface area contributed by atoms with Crippen molar-refractivity contribution in [3.05, 3.63) is 96.3 Å². The number of hydrogen-bond donors (Lipinski definition) is 1. The molecular formula is C23H18F2IrN3O2-. The molecule has 1 N–H and O–H groups in total. The smallest absolute Gasteiger partial charge is 0.303 e. The molecule has 161 valence electrons. The van der Waals surface area contributed by atoms with E-state index in [1.807, 2.05) is 12.1 Å². The number of nitrogens with zero attached hydrogens (tertiary/aromatic N) is 3. The molecule has 4 aromatic rings. The SMILES string of the molecule is CC(F)(F)c1nnc(-c2[c-]cccc2)n1-c1ccccc1.O=Cc1ccccc1O.[Ir]. The fourth-order valence-electron chi connectivity index (χ4n) is 2.68. The summed E-state index contributed by atoms with van der Waals surface area (Å²) in [4.78, 5) is 10.1. The molecule has 0 saturated heterocycles. The van der Waals surface area contributed by atoms with Crippen LogP contribution < -0.4 is 0 Å². The minimum atomic E-state index is -3.09. The first-order valence-corrected chi connectivity index (χ1v) is 9.01. The largest absolute Gasteiger partial charge is 0.507 e. The summed E-state index contributed by atoms with van der Waals surface area (Å²) in [6, 6.07) is 25.4. The van der Waals surface area contributed by atoms with Gasteiger partial charge in [-0.05, 0) is 24.3 Å². The Morgan fingerprint density at radius 3 is 2.16 bits per heavy atom. The zero-order valence-electron chi connectivity index (χ0n) is 16.4. The summed E-state index contributed by atoms with van der Waals surface area (Å²) >= 11 is 0. The zero-order chi connectivity index (χ0) is 21.6. The number of aromatic nitrogens is 3. The monoisotopic (exact) mass is 599 g/mol. The van der Waals surface area contributed by atoms with E-state index in [0.29, 0.717) is 28.9 Å². The Morgan fingerprint density at radius 2 is 1.61 bits per heavy atom. The summed E-state index contributed by atoms with van der Waals surface area (Å²) in [5.41, 5.74) is 1.54. The molecule has 1 heterocycles. The standard InChI is InChI=1S/C16H12F2N3.C7H6O2.Ir/c1-16(17,18)15-20-19-14(12-8-4-2-5-9-12)21(15)13-10-6-3-7-11-13;8-5-6-3-1-2-4-7(6)9;/h2-8,10-11H,1H3;1-5,9H;/q-1;;. The number of carbonyl (C=O) groups is 1. The number of benzene rings is 3. The molecule has 0 amide bonds. The van der Waals surface area contributed by atoms with E-state index >= 15 is 0 Å². The van der Waals surface area contributed by atoms with Crippen molar-refractivity contribution in [2.75, 3.05) is 0 Å². The number of phenolic OH excluding ortho intramolecular Hbond substituents is 1. The van der Waals surface area contributed by atoms with Crippen LogP contribution in [0.15, 0.2) is 78.9 Å². The van der Waals surface area contributed by atoms with Crippen molar-refractivity contribution in [2.24, 2.45) is 0 Å². The predicted molar refractivity (Wildman–Crippen MR) is 109 cm³/mol. The molecule has 0 fully saturated rings. The number of aromatic hydroxyl groups is 1. The summed E-state index contributed by atoms with van der Waals surface area (Å²) in [6.45, 7) is 0.814. The minimum absolute atomic E-state index is 0. The average Bonchev–Trinajstić information content (AvgIpc) is 3.22. The predicted octanol–water partition coefficient (Wildman–Crippen LogP) is 5.05. The van der Waals surface area contributed by atoms with Crippen LogP contribution in [-0.2, 0) is 26.0 Å². The van der Waals surface area contributed by atoms with Crippen molar-refractivity contribution in [1.29, 1.82) is 0 Å². The molecule has 3 aromatic carbocycles. The van der Waals surface area contributed by atoms with E-state index in [1.165, 1.54) is 10.6 Å². The van der Waals surface area contributed by atoms with Gasteiger partial charge < -0.3 is 9.67 Å². The molecule has 5 nitrogen and oxygen atoms in total. The Labute approximate surface area is 191 Å². The van der Waals surface area contributed by atoms with Crippen LogP contribution in [0.1, 0.15) is 23.1 Å². The second-order valence-electron chi connectivity index (χ2n) is 6.36. The van der Waals surface area contributed by atoms with Gasteiger partial charge >= 0.3 is 5.92 Å². The van der Waals surface area contributed by atoms with Crippen LogP contribution in [0.4, 0.5) is 8.78 Å². The maximum Gasteiger partial charge on any atom is 0.303 e. The van der Waals surface area contributed by atoms with E-state index in [0.717, 1.165) is 6.92 Å². The summed E-state index contributed by atoms with van der Waals surface area (Å²) in [5, 5.41) is 16.5. The van der Waals surface area contributed by atoms with Crippen molar-refractivity contribution in [3.63, 3.8) is 0 Å². The summed E-state index contributed by atoms with van der Waals surface area (Å²) < 4.78 is 29.0. The molecule has 4 rings (SSSR count). The fraction of sp³-hybridized carbons (Fsp3) is 0.0870. The molecule has 0 spiro atoms.